The molecule has 0 aliphatic rings. The number of amides is 2. The number of hydrogen-bond donors (Lipinski definition) is 0. The highest BCUT2D eigenvalue weighted by atomic mass is 16.5. The van der Waals surface area contributed by atoms with Crippen LogP contribution in [0.4, 0.5) is 0 Å². The Labute approximate surface area is 225 Å². The summed E-state index contributed by atoms with van der Waals surface area (Å²) in [5, 5.41) is 0. The van der Waals surface area contributed by atoms with E-state index in [1.54, 1.807) is 43.5 Å². The van der Waals surface area contributed by atoms with Gasteiger partial charge >= 0.3 is 0 Å². The molecular weight excluding hydrogens is 484 g/mol. The molecule has 0 bridgehead atoms. The summed E-state index contributed by atoms with van der Waals surface area (Å²) in [7, 11) is 4.80. The Morgan fingerprint density at radius 3 is 2.21 bits per heavy atom. The topological polar surface area (TPSA) is 81.5 Å². The molecule has 1 aromatic heterocycles. The van der Waals surface area contributed by atoms with Crippen LogP contribution in [-0.4, -0.2) is 62.1 Å². The molecule has 0 aliphatic heterocycles. The van der Waals surface area contributed by atoms with Gasteiger partial charge in [0.15, 0.2) is 11.5 Å². The summed E-state index contributed by atoms with van der Waals surface area (Å²) >= 11 is 0. The minimum absolute atomic E-state index is 0.00334. The molecule has 1 unspecified atom stereocenters. The van der Waals surface area contributed by atoms with Crippen LogP contribution in [0.2, 0.25) is 0 Å². The molecule has 0 fully saturated rings. The van der Waals surface area contributed by atoms with Gasteiger partial charge in [0, 0.05) is 12.6 Å². The number of nitrogens with zero attached hydrogens (tertiary/aromatic N) is 2. The van der Waals surface area contributed by atoms with E-state index in [4.69, 9.17) is 18.6 Å². The van der Waals surface area contributed by atoms with Crippen LogP contribution >= 0.6 is 0 Å². The van der Waals surface area contributed by atoms with Crippen LogP contribution in [0.15, 0.2) is 65.3 Å². The molecule has 0 aliphatic carbocycles. The number of ether oxygens (including phenoxy) is 3. The Balaban J connectivity index is 1.74. The Morgan fingerprint density at radius 2 is 1.61 bits per heavy atom. The average Bonchev–Trinajstić information content (AvgIpc) is 3.46. The molecule has 2 aromatic carbocycles. The van der Waals surface area contributed by atoms with E-state index in [0.29, 0.717) is 36.8 Å². The van der Waals surface area contributed by atoms with Crippen molar-refractivity contribution < 1.29 is 28.2 Å². The maximum atomic E-state index is 13.6. The maximum absolute atomic E-state index is 13.6. The Bertz CT molecular complexity index is 1160. The van der Waals surface area contributed by atoms with Gasteiger partial charge < -0.3 is 28.4 Å². The monoisotopic (exact) mass is 522 g/mol. The third kappa shape index (κ3) is 7.78. The summed E-state index contributed by atoms with van der Waals surface area (Å²) in [6.45, 7) is 4.76. The predicted molar refractivity (Wildman–Crippen MR) is 146 cm³/mol. The van der Waals surface area contributed by atoms with Gasteiger partial charge in [0.05, 0.1) is 40.6 Å². The van der Waals surface area contributed by atoms with Crippen molar-refractivity contribution >= 4 is 11.8 Å². The van der Waals surface area contributed by atoms with Crippen LogP contribution in [0, 0.1) is 0 Å². The second-order valence-corrected chi connectivity index (χ2v) is 9.14. The molecule has 3 rings (SSSR count). The maximum Gasteiger partial charge on any atom is 0.242 e. The van der Waals surface area contributed by atoms with Crippen LogP contribution in [0.1, 0.15) is 37.2 Å². The average molecular weight is 523 g/mol. The van der Waals surface area contributed by atoms with E-state index >= 15 is 0 Å². The standard InChI is InChI=1S/C30H38N2O6/c1-6-22(2)32(29(33)19-23-9-12-25(35-3)13-10-23)21-30(34)31(20-26-8-7-17-38-26)16-15-24-11-14-27(36-4)28(18-24)37-5/h7-14,17-18,22H,6,15-16,19-21H2,1-5H3. The second-order valence-electron chi connectivity index (χ2n) is 9.14. The summed E-state index contributed by atoms with van der Waals surface area (Å²) in [6, 6.07) is 16.7. The van der Waals surface area contributed by atoms with Crippen molar-refractivity contribution in [3.8, 4) is 17.2 Å². The van der Waals surface area contributed by atoms with Gasteiger partial charge in [-0.05, 0) is 67.3 Å². The van der Waals surface area contributed by atoms with Gasteiger partial charge in [0.25, 0.3) is 0 Å². The fraction of sp³-hybridized carbons (Fsp3) is 0.400. The Kier molecular flexibility index (Phi) is 10.6. The van der Waals surface area contributed by atoms with E-state index in [9.17, 15) is 9.59 Å². The fourth-order valence-electron chi connectivity index (χ4n) is 4.16. The van der Waals surface area contributed by atoms with Gasteiger partial charge in [-0.2, -0.15) is 0 Å². The van der Waals surface area contributed by atoms with Crippen LogP contribution in [0.25, 0.3) is 0 Å². The molecule has 38 heavy (non-hydrogen) atoms. The van der Waals surface area contributed by atoms with Crippen molar-refractivity contribution in [2.24, 2.45) is 0 Å². The number of furan rings is 1. The lowest BCUT2D eigenvalue weighted by molar-refractivity contribution is -0.142. The lowest BCUT2D eigenvalue weighted by Gasteiger charge is -2.31. The number of carbonyl (C=O) groups excluding carboxylic acids is 2. The van der Waals surface area contributed by atoms with Gasteiger partial charge in [0.2, 0.25) is 11.8 Å². The van der Waals surface area contributed by atoms with Crippen molar-refractivity contribution in [3.63, 3.8) is 0 Å². The number of carbonyl (C=O) groups is 2. The van der Waals surface area contributed by atoms with Gasteiger partial charge in [-0.15, -0.1) is 0 Å². The van der Waals surface area contributed by atoms with Gasteiger partial charge in [0.1, 0.15) is 18.1 Å². The van der Waals surface area contributed by atoms with E-state index in [-0.39, 0.29) is 30.8 Å². The van der Waals surface area contributed by atoms with E-state index in [2.05, 4.69) is 0 Å². The van der Waals surface area contributed by atoms with Crippen molar-refractivity contribution in [2.45, 2.75) is 45.7 Å². The summed E-state index contributed by atoms with van der Waals surface area (Å²) in [5.41, 5.74) is 1.88. The first-order valence-electron chi connectivity index (χ1n) is 12.8. The zero-order valence-corrected chi connectivity index (χ0v) is 22.9. The molecule has 0 saturated heterocycles. The predicted octanol–water partition coefficient (Wildman–Crippen LogP) is 4.75. The van der Waals surface area contributed by atoms with E-state index in [0.717, 1.165) is 23.3 Å². The first-order chi connectivity index (χ1) is 18.4. The molecule has 204 valence electrons. The molecule has 0 saturated carbocycles. The lowest BCUT2D eigenvalue weighted by atomic mass is 10.1. The molecule has 8 heteroatoms. The van der Waals surface area contributed by atoms with Gasteiger partial charge in [-0.1, -0.05) is 25.1 Å². The second kappa shape index (κ2) is 14.1. The van der Waals surface area contributed by atoms with Crippen LogP contribution in [-0.2, 0) is 29.0 Å². The smallest absolute Gasteiger partial charge is 0.242 e. The Morgan fingerprint density at radius 1 is 0.895 bits per heavy atom. The van der Waals surface area contributed by atoms with Crippen molar-refractivity contribution in [2.75, 3.05) is 34.4 Å². The summed E-state index contributed by atoms with van der Waals surface area (Å²) in [5.74, 6) is 2.49. The normalized spacial score (nSPS) is 11.5. The highest BCUT2D eigenvalue weighted by molar-refractivity contribution is 5.86. The first-order valence-corrected chi connectivity index (χ1v) is 12.8. The van der Waals surface area contributed by atoms with E-state index < -0.39 is 0 Å². The summed E-state index contributed by atoms with van der Waals surface area (Å²) < 4.78 is 21.5. The molecule has 0 spiro atoms. The molecular formula is C30H38N2O6. The summed E-state index contributed by atoms with van der Waals surface area (Å²) in [4.78, 5) is 30.4. The minimum atomic E-state index is -0.134. The van der Waals surface area contributed by atoms with E-state index in [1.807, 2.05) is 62.4 Å². The number of rotatable bonds is 14. The van der Waals surface area contributed by atoms with Crippen LogP contribution in [0.3, 0.4) is 0 Å². The number of benzene rings is 2. The van der Waals surface area contributed by atoms with Crippen molar-refractivity contribution in [1.82, 2.24) is 9.80 Å². The fourth-order valence-corrected chi connectivity index (χ4v) is 4.16. The van der Waals surface area contributed by atoms with Crippen molar-refractivity contribution in [3.05, 3.63) is 77.7 Å². The number of hydrogen-bond acceptors (Lipinski definition) is 6. The highest BCUT2D eigenvalue weighted by Gasteiger charge is 2.25. The highest BCUT2D eigenvalue weighted by Crippen LogP contribution is 2.28. The van der Waals surface area contributed by atoms with Crippen LogP contribution < -0.4 is 14.2 Å². The molecule has 2 amide bonds. The van der Waals surface area contributed by atoms with Gasteiger partial charge in [-0.25, -0.2) is 0 Å². The molecule has 1 heterocycles. The third-order valence-corrected chi connectivity index (χ3v) is 6.66. The number of methoxy groups -OCH3 is 3. The lowest BCUT2D eigenvalue weighted by Crippen LogP contribution is -2.47. The summed E-state index contributed by atoms with van der Waals surface area (Å²) in [6.07, 6.45) is 3.16. The molecule has 0 radical (unpaired) electrons. The zero-order chi connectivity index (χ0) is 27.5. The third-order valence-electron chi connectivity index (χ3n) is 6.66. The Hall–Kier alpha value is -3.94. The molecule has 3 aromatic rings. The molecule has 0 N–H and O–H groups in total. The van der Waals surface area contributed by atoms with E-state index in [1.165, 1.54) is 0 Å². The largest absolute Gasteiger partial charge is 0.497 e. The van der Waals surface area contributed by atoms with Gasteiger partial charge in [-0.3, -0.25) is 9.59 Å². The SMILES string of the molecule is CCC(C)N(CC(=O)N(CCc1ccc(OC)c(OC)c1)Cc1ccco1)C(=O)Cc1ccc(OC)cc1. The minimum Gasteiger partial charge on any atom is -0.497 e. The first kappa shape index (κ1) is 28.6. The molecule has 1 atom stereocenters. The molecule has 8 nitrogen and oxygen atoms in total. The van der Waals surface area contributed by atoms with Crippen molar-refractivity contribution in [1.29, 1.82) is 0 Å². The quantitative estimate of drug-likeness (QED) is 0.304. The zero-order valence-electron chi connectivity index (χ0n) is 22.9. The van der Waals surface area contributed by atoms with Crippen LogP contribution in [0.5, 0.6) is 17.2 Å².